The first kappa shape index (κ1) is 14.1. The van der Waals surface area contributed by atoms with Gasteiger partial charge in [0.2, 0.25) is 0 Å². The van der Waals surface area contributed by atoms with E-state index in [1.807, 2.05) is 0 Å². The van der Waals surface area contributed by atoms with Gasteiger partial charge in [-0.15, -0.1) is 0 Å². The highest BCUT2D eigenvalue weighted by Gasteiger charge is 2.12. The molecule has 98 valence electrons. The molecule has 0 saturated carbocycles. The molecule has 2 rings (SSSR count). The van der Waals surface area contributed by atoms with Crippen molar-refractivity contribution in [3.8, 4) is 0 Å². The van der Waals surface area contributed by atoms with Crippen molar-refractivity contribution < 1.29 is 9.90 Å². The zero-order valence-corrected chi connectivity index (χ0v) is 12.4. The van der Waals surface area contributed by atoms with Gasteiger partial charge in [-0.3, -0.25) is 0 Å². The highest BCUT2D eigenvalue weighted by molar-refractivity contribution is 9.10. The van der Waals surface area contributed by atoms with Crippen LogP contribution in [0.4, 0.5) is 11.5 Å². The predicted molar refractivity (Wildman–Crippen MR) is 78.6 cm³/mol. The minimum atomic E-state index is -1.08. The number of rotatable bonds is 3. The fourth-order valence-corrected chi connectivity index (χ4v) is 2.06. The molecule has 0 aliphatic heterocycles. The third kappa shape index (κ3) is 3.37. The summed E-state index contributed by atoms with van der Waals surface area (Å²) in [4.78, 5) is 15.1. The summed E-state index contributed by atoms with van der Waals surface area (Å²) in [5.41, 5.74) is 0.684. The Kier molecular flexibility index (Phi) is 4.29. The Labute approximate surface area is 127 Å². The number of aromatic carboxylic acids is 1. The molecule has 2 N–H and O–H groups in total. The maximum absolute atomic E-state index is 11.1. The normalized spacial score (nSPS) is 10.3. The quantitative estimate of drug-likeness (QED) is 0.784. The lowest BCUT2D eigenvalue weighted by Crippen LogP contribution is -2.04. The van der Waals surface area contributed by atoms with Gasteiger partial charge in [-0.05, 0) is 46.3 Å². The van der Waals surface area contributed by atoms with E-state index in [0.29, 0.717) is 15.2 Å². The van der Waals surface area contributed by atoms with Crippen LogP contribution in [0.25, 0.3) is 0 Å². The van der Waals surface area contributed by atoms with Crippen LogP contribution in [-0.4, -0.2) is 16.1 Å². The summed E-state index contributed by atoms with van der Waals surface area (Å²) >= 11 is 14.9. The van der Waals surface area contributed by atoms with Gasteiger partial charge in [0.1, 0.15) is 16.5 Å². The number of anilines is 2. The van der Waals surface area contributed by atoms with Gasteiger partial charge < -0.3 is 10.4 Å². The summed E-state index contributed by atoms with van der Waals surface area (Å²) in [5.74, 6) is -0.908. The molecule has 0 saturated heterocycles. The number of hydrogen-bond donors (Lipinski definition) is 2. The van der Waals surface area contributed by atoms with E-state index >= 15 is 0 Å². The monoisotopic (exact) mass is 360 g/mol. The number of aromatic nitrogens is 1. The Morgan fingerprint density at radius 1 is 1.26 bits per heavy atom. The summed E-state index contributed by atoms with van der Waals surface area (Å²) in [6.45, 7) is 0. The topological polar surface area (TPSA) is 62.2 Å². The zero-order chi connectivity index (χ0) is 14.0. The maximum atomic E-state index is 11.1. The summed E-state index contributed by atoms with van der Waals surface area (Å²) in [6, 6.07) is 7.93. The molecule has 1 aromatic carbocycles. The van der Waals surface area contributed by atoms with Crippen LogP contribution in [-0.2, 0) is 0 Å². The average Bonchev–Trinajstić information content (AvgIpc) is 2.33. The minimum absolute atomic E-state index is 0.0375. The molecule has 1 aromatic heterocycles. The van der Waals surface area contributed by atoms with Crippen molar-refractivity contribution >= 4 is 56.6 Å². The fraction of sp³-hybridized carbons (Fsp3) is 0. The van der Waals surface area contributed by atoms with E-state index < -0.39 is 5.97 Å². The van der Waals surface area contributed by atoms with Gasteiger partial charge in [0.05, 0.1) is 5.02 Å². The molecule has 4 nitrogen and oxygen atoms in total. The van der Waals surface area contributed by atoms with Gasteiger partial charge in [-0.25, -0.2) is 9.78 Å². The van der Waals surface area contributed by atoms with Crippen molar-refractivity contribution in [1.82, 2.24) is 4.98 Å². The van der Waals surface area contributed by atoms with Gasteiger partial charge in [0.25, 0.3) is 0 Å². The first-order valence-electron chi connectivity index (χ1n) is 5.09. The third-order valence-corrected chi connectivity index (χ3v) is 3.70. The number of pyridine rings is 1. The van der Waals surface area contributed by atoms with Crippen LogP contribution < -0.4 is 5.32 Å². The summed E-state index contributed by atoms with van der Waals surface area (Å²) in [7, 11) is 0. The molecule has 0 bridgehead atoms. The molecular weight excluding hydrogens is 355 g/mol. The van der Waals surface area contributed by atoms with Crippen LogP contribution in [0.5, 0.6) is 0 Å². The highest BCUT2D eigenvalue weighted by Crippen LogP contribution is 2.28. The van der Waals surface area contributed by atoms with Crippen LogP contribution in [0, 0.1) is 0 Å². The summed E-state index contributed by atoms with van der Waals surface area (Å²) in [5, 5.41) is 12.7. The number of carboxylic acid groups (broad SMARTS) is 1. The second kappa shape index (κ2) is 5.77. The lowest BCUT2D eigenvalue weighted by Gasteiger charge is -2.09. The number of carbonyl (C=O) groups is 1. The zero-order valence-electron chi connectivity index (χ0n) is 9.32. The number of nitrogens with one attached hydrogen (secondary N) is 1. The van der Waals surface area contributed by atoms with Crippen molar-refractivity contribution in [3.63, 3.8) is 0 Å². The number of nitrogens with zero attached hydrogens (tertiary/aromatic N) is 1. The Hall–Kier alpha value is -1.30. The van der Waals surface area contributed by atoms with Gasteiger partial charge >= 0.3 is 5.97 Å². The number of benzene rings is 1. The summed E-state index contributed by atoms with van der Waals surface area (Å²) in [6.07, 6.45) is 0. The SMILES string of the molecule is O=C(O)c1ccc(Cl)nc1Nc1ccc(Cl)c(Br)c1. The van der Waals surface area contributed by atoms with Crippen molar-refractivity contribution in [1.29, 1.82) is 0 Å². The average molecular weight is 362 g/mol. The smallest absolute Gasteiger partial charge is 0.339 e. The van der Waals surface area contributed by atoms with E-state index in [2.05, 4.69) is 26.2 Å². The molecule has 0 amide bonds. The molecule has 0 spiro atoms. The second-order valence-electron chi connectivity index (χ2n) is 3.59. The Balaban J connectivity index is 2.39. The molecule has 1 heterocycles. The first-order valence-corrected chi connectivity index (χ1v) is 6.64. The van der Waals surface area contributed by atoms with Gasteiger partial charge in [-0.1, -0.05) is 23.2 Å². The predicted octanol–water partition coefficient (Wildman–Crippen LogP) is 4.59. The van der Waals surface area contributed by atoms with E-state index in [-0.39, 0.29) is 16.5 Å². The van der Waals surface area contributed by atoms with Gasteiger partial charge in [0, 0.05) is 10.2 Å². The number of carboxylic acids is 1. The number of hydrogen-bond acceptors (Lipinski definition) is 3. The second-order valence-corrected chi connectivity index (χ2v) is 5.24. The van der Waals surface area contributed by atoms with E-state index in [1.165, 1.54) is 12.1 Å². The molecule has 0 atom stereocenters. The molecule has 0 radical (unpaired) electrons. The largest absolute Gasteiger partial charge is 0.478 e. The van der Waals surface area contributed by atoms with E-state index in [0.717, 1.165) is 0 Å². The van der Waals surface area contributed by atoms with Gasteiger partial charge in [-0.2, -0.15) is 0 Å². The van der Waals surface area contributed by atoms with Crippen LogP contribution in [0.1, 0.15) is 10.4 Å². The lowest BCUT2D eigenvalue weighted by molar-refractivity contribution is 0.0697. The first-order chi connectivity index (χ1) is 8.97. The van der Waals surface area contributed by atoms with Crippen LogP contribution in [0.15, 0.2) is 34.8 Å². The fourth-order valence-electron chi connectivity index (χ4n) is 1.41. The standard InChI is InChI=1S/C12H7BrCl2N2O2/c13-8-5-6(1-3-9(8)14)16-11-7(12(18)19)2-4-10(15)17-11/h1-5H,(H,16,17)(H,18,19). The molecule has 0 aliphatic carbocycles. The van der Waals surface area contributed by atoms with Crippen molar-refractivity contribution in [3.05, 3.63) is 50.5 Å². The Morgan fingerprint density at radius 2 is 2.00 bits per heavy atom. The van der Waals surface area contributed by atoms with Crippen LogP contribution in [0.3, 0.4) is 0 Å². The Bertz CT molecular complexity index is 650. The van der Waals surface area contributed by atoms with Crippen LogP contribution in [0.2, 0.25) is 10.2 Å². The molecular formula is C12H7BrCl2N2O2. The van der Waals surface area contributed by atoms with E-state index in [9.17, 15) is 4.79 Å². The van der Waals surface area contributed by atoms with Crippen LogP contribution >= 0.6 is 39.1 Å². The highest BCUT2D eigenvalue weighted by atomic mass is 79.9. The van der Waals surface area contributed by atoms with Crippen molar-refractivity contribution in [2.75, 3.05) is 5.32 Å². The molecule has 0 unspecified atom stereocenters. The molecule has 0 aliphatic rings. The molecule has 0 fully saturated rings. The van der Waals surface area contributed by atoms with E-state index in [4.69, 9.17) is 28.3 Å². The third-order valence-electron chi connectivity index (χ3n) is 2.27. The maximum Gasteiger partial charge on any atom is 0.339 e. The summed E-state index contributed by atoms with van der Waals surface area (Å²) < 4.78 is 0.693. The Morgan fingerprint density at radius 3 is 2.63 bits per heavy atom. The molecule has 19 heavy (non-hydrogen) atoms. The number of halogens is 3. The van der Waals surface area contributed by atoms with Gasteiger partial charge in [0.15, 0.2) is 0 Å². The van der Waals surface area contributed by atoms with Crippen molar-refractivity contribution in [2.24, 2.45) is 0 Å². The van der Waals surface area contributed by atoms with Crippen molar-refractivity contribution in [2.45, 2.75) is 0 Å². The molecule has 7 heteroatoms. The lowest BCUT2D eigenvalue weighted by atomic mass is 10.2. The minimum Gasteiger partial charge on any atom is -0.478 e. The van der Waals surface area contributed by atoms with E-state index in [1.54, 1.807) is 18.2 Å². The molecule has 2 aromatic rings.